The van der Waals surface area contributed by atoms with Crippen LogP contribution in [0.1, 0.15) is 19.4 Å². The average Bonchev–Trinajstić information content (AvgIpc) is 2.30. The fraction of sp³-hybridized carbons (Fsp3) is 0.417. The normalized spacial score (nSPS) is 9.80. The quantitative estimate of drug-likeness (QED) is 0.606. The van der Waals surface area contributed by atoms with Crippen molar-refractivity contribution in [1.29, 1.82) is 5.41 Å². The summed E-state index contributed by atoms with van der Waals surface area (Å²) in [6, 6.07) is 7.64. The van der Waals surface area contributed by atoms with E-state index in [0.29, 0.717) is 5.84 Å². The largest absolute Gasteiger partial charge is 0.496 e. The molecule has 0 amide bonds. The first-order valence-electron chi connectivity index (χ1n) is 5.21. The molecule has 0 heterocycles. The molecule has 1 aromatic rings. The van der Waals surface area contributed by atoms with Gasteiger partial charge in [0.25, 0.3) is 0 Å². The Hall–Kier alpha value is -1.51. The molecule has 1 N–H and O–H groups in total. The third kappa shape index (κ3) is 2.49. The molecule has 0 aliphatic carbocycles. The van der Waals surface area contributed by atoms with Crippen molar-refractivity contribution < 1.29 is 4.74 Å². The van der Waals surface area contributed by atoms with Crippen molar-refractivity contribution in [2.24, 2.45) is 0 Å². The number of hydrogen-bond acceptors (Lipinski definition) is 2. The van der Waals surface area contributed by atoms with E-state index in [1.165, 1.54) is 0 Å². The third-order valence-electron chi connectivity index (χ3n) is 2.44. The van der Waals surface area contributed by atoms with Crippen LogP contribution in [0.5, 0.6) is 5.75 Å². The van der Waals surface area contributed by atoms with E-state index in [0.717, 1.165) is 24.4 Å². The van der Waals surface area contributed by atoms with E-state index >= 15 is 0 Å². The van der Waals surface area contributed by atoms with Crippen LogP contribution in [0, 0.1) is 5.41 Å². The van der Waals surface area contributed by atoms with Gasteiger partial charge in [-0.05, 0) is 26.0 Å². The van der Waals surface area contributed by atoms with Crippen molar-refractivity contribution in [1.82, 2.24) is 4.90 Å². The lowest BCUT2D eigenvalue weighted by Gasteiger charge is -2.22. The first-order chi connectivity index (χ1) is 7.24. The molecule has 0 spiro atoms. The summed E-state index contributed by atoms with van der Waals surface area (Å²) < 4.78 is 5.24. The van der Waals surface area contributed by atoms with Crippen LogP contribution in [-0.4, -0.2) is 30.9 Å². The predicted octanol–water partition coefficient (Wildman–Crippen LogP) is 2.36. The average molecular weight is 206 g/mol. The zero-order valence-corrected chi connectivity index (χ0v) is 9.58. The number of hydrogen-bond donors (Lipinski definition) is 1. The molecule has 0 aromatic heterocycles. The van der Waals surface area contributed by atoms with Crippen LogP contribution in [0.3, 0.4) is 0 Å². The maximum absolute atomic E-state index is 8.08. The molecule has 1 rings (SSSR count). The highest BCUT2D eigenvalue weighted by Gasteiger charge is 2.12. The molecule has 0 bridgehead atoms. The van der Waals surface area contributed by atoms with E-state index in [2.05, 4.69) is 0 Å². The third-order valence-corrected chi connectivity index (χ3v) is 2.44. The number of benzene rings is 1. The van der Waals surface area contributed by atoms with Gasteiger partial charge in [-0.25, -0.2) is 0 Å². The monoisotopic (exact) mass is 206 g/mol. The van der Waals surface area contributed by atoms with Gasteiger partial charge in [-0.2, -0.15) is 0 Å². The van der Waals surface area contributed by atoms with E-state index in [1.807, 2.05) is 43.0 Å². The summed E-state index contributed by atoms with van der Waals surface area (Å²) in [6.07, 6.45) is 0. The highest BCUT2D eigenvalue weighted by atomic mass is 16.5. The number of methoxy groups -OCH3 is 1. The summed E-state index contributed by atoms with van der Waals surface area (Å²) in [5, 5.41) is 8.08. The fourth-order valence-corrected chi connectivity index (χ4v) is 1.55. The predicted molar refractivity (Wildman–Crippen MR) is 62.7 cm³/mol. The lowest BCUT2D eigenvalue weighted by Crippen LogP contribution is -2.30. The van der Waals surface area contributed by atoms with Crippen molar-refractivity contribution in [3.05, 3.63) is 29.8 Å². The molecule has 0 saturated heterocycles. The molecule has 3 heteroatoms. The van der Waals surface area contributed by atoms with Gasteiger partial charge < -0.3 is 9.64 Å². The van der Waals surface area contributed by atoms with Gasteiger partial charge >= 0.3 is 0 Å². The maximum Gasteiger partial charge on any atom is 0.131 e. The van der Waals surface area contributed by atoms with Gasteiger partial charge in [-0.1, -0.05) is 12.1 Å². The van der Waals surface area contributed by atoms with Crippen LogP contribution >= 0.6 is 0 Å². The number of ether oxygens (including phenoxy) is 1. The molecule has 0 aliphatic heterocycles. The Kier molecular flexibility index (Phi) is 4.16. The van der Waals surface area contributed by atoms with Crippen LogP contribution in [0.4, 0.5) is 0 Å². The second kappa shape index (κ2) is 5.39. The van der Waals surface area contributed by atoms with Crippen molar-refractivity contribution >= 4 is 5.84 Å². The maximum atomic E-state index is 8.08. The molecule has 82 valence electrons. The summed E-state index contributed by atoms with van der Waals surface area (Å²) in [4.78, 5) is 2.00. The molecule has 0 aliphatic rings. The first-order valence-corrected chi connectivity index (χ1v) is 5.21. The summed E-state index contributed by atoms with van der Waals surface area (Å²) >= 11 is 0. The molecule has 15 heavy (non-hydrogen) atoms. The van der Waals surface area contributed by atoms with Crippen LogP contribution in [0.2, 0.25) is 0 Å². The van der Waals surface area contributed by atoms with E-state index < -0.39 is 0 Å². The Morgan fingerprint density at radius 1 is 1.27 bits per heavy atom. The molecule has 0 atom stereocenters. The van der Waals surface area contributed by atoms with Crippen LogP contribution in [0.25, 0.3) is 0 Å². The second-order valence-electron chi connectivity index (χ2n) is 3.22. The lowest BCUT2D eigenvalue weighted by molar-refractivity contribution is 0.409. The van der Waals surface area contributed by atoms with Crippen LogP contribution in [0.15, 0.2) is 24.3 Å². The van der Waals surface area contributed by atoms with Crippen molar-refractivity contribution in [3.63, 3.8) is 0 Å². The Morgan fingerprint density at radius 2 is 1.87 bits per heavy atom. The number of nitrogens with zero attached hydrogens (tertiary/aromatic N) is 1. The van der Waals surface area contributed by atoms with Crippen molar-refractivity contribution in [2.75, 3.05) is 20.2 Å². The van der Waals surface area contributed by atoms with Crippen LogP contribution in [-0.2, 0) is 0 Å². The Balaban J connectivity index is 2.99. The zero-order valence-electron chi connectivity index (χ0n) is 9.58. The highest BCUT2D eigenvalue weighted by Crippen LogP contribution is 2.18. The first kappa shape index (κ1) is 11.6. The van der Waals surface area contributed by atoms with Gasteiger partial charge in [-0.15, -0.1) is 0 Å². The SMILES string of the molecule is CCN(CC)C(=N)c1ccccc1OC. The molecule has 0 unspecified atom stereocenters. The van der Waals surface area contributed by atoms with Gasteiger partial charge in [0.15, 0.2) is 0 Å². The van der Waals surface area contributed by atoms with E-state index in [4.69, 9.17) is 10.1 Å². The standard InChI is InChI=1S/C12H18N2O/c1-4-14(5-2)12(13)10-8-6-7-9-11(10)15-3/h6-9,13H,4-5H2,1-3H3. The number of amidine groups is 1. The number of para-hydroxylation sites is 1. The molecular weight excluding hydrogens is 188 g/mol. The van der Waals surface area contributed by atoms with Crippen molar-refractivity contribution in [3.8, 4) is 5.75 Å². The smallest absolute Gasteiger partial charge is 0.131 e. The number of rotatable bonds is 4. The van der Waals surface area contributed by atoms with Crippen molar-refractivity contribution in [2.45, 2.75) is 13.8 Å². The summed E-state index contributed by atoms with van der Waals surface area (Å²) in [5.41, 5.74) is 0.851. The number of nitrogens with one attached hydrogen (secondary N) is 1. The minimum Gasteiger partial charge on any atom is -0.496 e. The Morgan fingerprint density at radius 3 is 2.40 bits per heavy atom. The van der Waals surface area contributed by atoms with Gasteiger partial charge in [0.05, 0.1) is 12.7 Å². The summed E-state index contributed by atoms with van der Waals surface area (Å²) in [5.74, 6) is 1.28. The topological polar surface area (TPSA) is 36.3 Å². The molecule has 0 radical (unpaired) electrons. The molecule has 1 aromatic carbocycles. The molecule has 0 fully saturated rings. The Labute approximate surface area is 91.2 Å². The van der Waals surface area contributed by atoms with E-state index in [-0.39, 0.29) is 0 Å². The minimum atomic E-state index is 0.525. The fourth-order valence-electron chi connectivity index (χ4n) is 1.55. The zero-order chi connectivity index (χ0) is 11.3. The van der Waals surface area contributed by atoms with Crippen LogP contribution < -0.4 is 4.74 Å². The highest BCUT2D eigenvalue weighted by molar-refractivity contribution is 5.98. The van der Waals surface area contributed by atoms with Gasteiger partial charge in [-0.3, -0.25) is 5.41 Å². The van der Waals surface area contributed by atoms with Gasteiger partial charge in [0.2, 0.25) is 0 Å². The molecule has 0 saturated carbocycles. The van der Waals surface area contributed by atoms with Gasteiger partial charge in [0, 0.05) is 13.1 Å². The minimum absolute atomic E-state index is 0.525. The lowest BCUT2D eigenvalue weighted by atomic mass is 10.1. The summed E-state index contributed by atoms with van der Waals surface area (Å²) in [7, 11) is 1.63. The molecular formula is C12H18N2O. The van der Waals surface area contributed by atoms with E-state index in [9.17, 15) is 0 Å². The second-order valence-corrected chi connectivity index (χ2v) is 3.22. The molecule has 3 nitrogen and oxygen atoms in total. The Bertz CT molecular complexity index is 332. The summed E-state index contributed by atoms with van der Waals surface area (Å²) in [6.45, 7) is 5.78. The van der Waals surface area contributed by atoms with E-state index in [1.54, 1.807) is 7.11 Å². The van der Waals surface area contributed by atoms with Gasteiger partial charge in [0.1, 0.15) is 11.6 Å².